The number of hydrogen-bond acceptors (Lipinski definition) is 4. The Morgan fingerprint density at radius 2 is 1.81 bits per heavy atom. The molecule has 0 unspecified atom stereocenters. The molecule has 0 radical (unpaired) electrons. The smallest absolute Gasteiger partial charge is 0.416 e. The lowest BCUT2D eigenvalue weighted by Crippen LogP contribution is -2.12. The van der Waals surface area contributed by atoms with E-state index in [2.05, 4.69) is 4.98 Å². The Hall–Kier alpha value is -3.36. The number of carbonyl (C=O) groups excluding carboxylic acids is 1. The fraction of sp³-hybridized carbons (Fsp3) is 0.111. The van der Waals surface area contributed by atoms with E-state index in [1.165, 1.54) is 19.2 Å². The summed E-state index contributed by atoms with van der Waals surface area (Å²) in [4.78, 5) is 15.5. The number of carbonyl (C=O) groups is 1. The van der Waals surface area contributed by atoms with Crippen molar-refractivity contribution in [3.63, 3.8) is 0 Å². The second-order valence-corrected chi connectivity index (χ2v) is 5.48. The number of benzene rings is 2. The zero-order valence-electron chi connectivity index (χ0n) is 13.8. The van der Waals surface area contributed by atoms with Crippen LogP contribution in [-0.4, -0.2) is 18.0 Å². The Bertz CT molecular complexity index is 995. The zero-order valence-corrected chi connectivity index (χ0v) is 13.8. The number of rotatable bonds is 4. The van der Waals surface area contributed by atoms with Crippen molar-refractivity contribution in [2.24, 2.45) is 5.73 Å². The molecule has 0 aliphatic carbocycles. The van der Waals surface area contributed by atoms with Crippen LogP contribution in [0.25, 0.3) is 22.8 Å². The van der Waals surface area contributed by atoms with Crippen LogP contribution >= 0.6 is 0 Å². The van der Waals surface area contributed by atoms with Gasteiger partial charge < -0.3 is 14.9 Å². The summed E-state index contributed by atoms with van der Waals surface area (Å²) in [5, 5.41) is 0. The molecule has 9 heteroatoms. The summed E-state index contributed by atoms with van der Waals surface area (Å²) in [6.45, 7) is 0. The third-order valence-electron chi connectivity index (χ3n) is 3.74. The van der Waals surface area contributed by atoms with Crippen LogP contribution in [0.2, 0.25) is 0 Å². The van der Waals surface area contributed by atoms with Crippen LogP contribution in [0.4, 0.5) is 17.6 Å². The first kappa shape index (κ1) is 18.4. The highest BCUT2D eigenvalue weighted by atomic mass is 19.4. The van der Waals surface area contributed by atoms with Gasteiger partial charge in [-0.3, -0.25) is 4.79 Å². The molecule has 0 saturated heterocycles. The van der Waals surface area contributed by atoms with E-state index in [-0.39, 0.29) is 11.5 Å². The van der Waals surface area contributed by atoms with Crippen LogP contribution in [0.1, 0.15) is 16.1 Å². The average Bonchev–Trinajstić information content (AvgIpc) is 3.06. The van der Waals surface area contributed by atoms with Crippen LogP contribution in [-0.2, 0) is 6.18 Å². The van der Waals surface area contributed by atoms with Gasteiger partial charge in [0.05, 0.1) is 18.2 Å². The van der Waals surface area contributed by atoms with Crippen molar-refractivity contribution >= 4 is 5.91 Å². The number of amides is 1. The molecule has 140 valence electrons. The highest BCUT2D eigenvalue weighted by Crippen LogP contribution is 2.36. The predicted molar refractivity (Wildman–Crippen MR) is 87.4 cm³/mol. The summed E-state index contributed by atoms with van der Waals surface area (Å²) in [5.41, 5.74) is 3.71. The van der Waals surface area contributed by atoms with Gasteiger partial charge in [-0.05, 0) is 42.5 Å². The molecule has 0 bridgehead atoms. The van der Waals surface area contributed by atoms with E-state index < -0.39 is 34.9 Å². The molecule has 3 rings (SSSR count). The maximum atomic E-state index is 14.1. The minimum absolute atomic E-state index is 0.0861. The molecule has 3 aromatic rings. The number of primary amides is 1. The molecule has 0 fully saturated rings. The monoisotopic (exact) mass is 380 g/mol. The lowest BCUT2D eigenvalue weighted by atomic mass is 10.1. The second kappa shape index (κ2) is 6.75. The molecule has 5 nitrogen and oxygen atoms in total. The van der Waals surface area contributed by atoms with Gasteiger partial charge in [0.2, 0.25) is 5.89 Å². The highest BCUT2D eigenvalue weighted by molar-refractivity contribution is 5.97. The Balaban J connectivity index is 2.14. The van der Waals surface area contributed by atoms with Crippen molar-refractivity contribution in [3.05, 3.63) is 59.5 Å². The van der Waals surface area contributed by atoms with Crippen LogP contribution in [0, 0.1) is 5.82 Å². The van der Waals surface area contributed by atoms with Gasteiger partial charge in [0, 0.05) is 5.56 Å². The third kappa shape index (κ3) is 3.62. The Morgan fingerprint density at radius 3 is 2.37 bits per heavy atom. The van der Waals surface area contributed by atoms with Gasteiger partial charge in [-0.2, -0.15) is 13.2 Å². The van der Waals surface area contributed by atoms with Crippen LogP contribution < -0.4 is 10.5 Å². The molecule has 1 aromatic heterocycles. The molecule has 27 heavy (non-hydrogen) atoms. The lowest BCUT2D eigenvalue weighted by Gasteiger charge is -2.07. The number of alkyl halides is 3. The standard InChI is InChI=1S/C18H12F4N2O3/c1-26-11-5-2-9(3-6-11)15-14(16(23)25)24-17(27-15)12-8-10(18(20,21)22)4-7-13(12)19/h2-8H,1H3,(H2,23,25). The number of ether oxygens (including phenoxy) is 1. The summed E-state index contributed by atoms with van der Waals surface area (Å²) < 4.78 is 63.2. The Morgan fingerprint density at radius 1 is 1.15 bits per heavy atom. The summed E-state index contributed by atoms with van der Waals surface area (Å²) in [5.74, 6) is -2.00. The van der Waals surface area contributed by atoms with Gasteiger partial charge in [0.1, 0.15) is 11.6 Å². The molecule has 1 heterocycles. The number of hydrogen-bond donors (Lipinski definition) is 1. The van der Waals surface area contributed by atoms with E-state index in [0.29, 0.717) is 29.5 Å². The van der Waals surface area contributed by atoms with Crippen molar-refractivity contribution in [3.8, 4) is 28.5 Å². The summed E-state index contributed by atoms with van der Waals surface area (Å²) >= 11 is 0. The van der Waals surface area contributed by atoms with E-state index in [0.717, 1.165) is 0 Å². The Kier molecular flexibility index (Phi) is 4.61. The molecule has 2 aromatic carbocycles. The fourth-order valence-corrected chi connectivity index (χ4v) is 2.41. The third-order valence-corrected chi connectivity index (χ3v) is 3.74. The maximum Gasteiger partial charge on any atom is 0.416 e. The van der Waals surface area contributed by atoms with Gasteiger partial charge in [-0.15, -0.1) is 0 Å². The van der Waals surface area contributed by atoms with Crippen LogP contribution in [0.3, 0.4) is 0 Å². The maximum absolute atomic E-state index is 14.1. The number of oxazole rings is 1. The molecular weight excluding hydrogens is 368 g/mol. The Labute approximate surface area is 150 Å². The molecular formula is C18H12F4N2O3. The topological polar surface area (TPSA) is 78.3 Å². The number of methoxy groups -OCH3 is 1. The number of nitrogens with two attached hydrogens (primary N) is 1. The van der Waals surface area contributed by atoms with E-state index in [9.17, 15) is 22.4 Å². The van der Waals surface area contributed by atoms with Gasteiger partial charge >= 0.3 is 6.18 Å². The van der Waals surface area contributed by atoms with Gasteiger partial charge in [-0.1, -0.05) is 0 Å². The van der Waals surface area contributed by atoms with Crippen molar-refractivity contribution < 1.29 is 31.5 Å². The first-order valence-electron chi connectivity index (χ1n) is 7.53. The molecule has 1 amide bonds. The normalized spacial score (nSPS) is 11.4. The molecule has 0 atom stereocenters. The summed E-state index contributed by atoms with van der Waals surface area (Å²) in [6.07, 6.45) is -4.68. The summed E-state index contributed by atoms with van der Waals surface area (Å²) in [6, 6.07) is 8.04. The van der Waals surface area contributed by atoms with Gasteiger partial charge in [0.15, 0.2) is 11.5 Å². The van der Waals surface area contributed by atoms with Crippen molar-refractivity contribution in [2.75, 3.05) is 7.11 Å². The zero-order chi connectivity index (χ0) is 19.8. The second-order valence-electron chi connectivity index (χ2n) is 5.48. The van der Waals surface area contributed by atoms with Gasteiger partial charge in [0.25, 0.3) is 5.91 Å². The number of nitrogens with zero attached hydrogens (tertiary/aromatic N) is 1. The average molecular weight is 380 g/mol. The fourth-order valence-electron chi connectivity index (χ4n) is 2.41. The highest BCUT2D eigenvalue weighted by Gasteiger charge is 2.32. The molecule has 0 spiro atoms. The minimum atomic E-state index is -4.68. The quantitative estimate of drug-likeness (QED) is 0.686. The number of aromatic nitrogens is 1. The number of halogens is 4. The van der Waals surface area contributed by atoms with Crippen molar-refractivity contribution in [1.82, 2.24) is 4.98 Å². The lowest BCUT2D eigenvalue weighted by molar-refractivity contribution is -0.137. The molecule has 0 aliphatic rings. The van der Waals surface area contributed by atoms with Crippen LogP contribution in [0.5, 0.6) is 5.75 Å². The van der Waals surface area contributed by atoms with Gasteiger partial charge in [-0.25, -0.2) is 9.37 Å². The van der Waals surface area contributed by atoms with Crippen LogP contribution in [0.15, 0.2) is 46.9 Å². The molecule has 2 N–H and O–H groups in total. The van der Waals surface area contributed by atoms with E-state index in [1.54, 1.807) is 12.1 Å². The van der Waals surface area contributed by atoms with Crippen molar-refractivity contribution in [2.45, 2.75) is 6.18 Å². The largest absolute Gasteiger partial charge is 0.497 e. The van der Waals surface area contributed by atoms with E-state index in [1.807, 2.05) is 0 Å². The first-order chi connectivity index (χ1) is 12.7. The van der Waals surface area contributed by atoms with E-state index >= 15 is 0 Å². The SMILES string of the molecule is COc1ccc(-c2oc(-c3cc(C(F)(F)F)ccc3F)nc2C(N)=O)cc1. The minimum Gasteiger partial charge on any atom is -0.497 e. The van der Waals surface area contributed by atoms with E-state index in [4.69, 9.17) is 14.9 Å². The molecule has 0 aliphatic heterocycles. The first-order valence-corrected chi connectivity index (χ1v) is 7.53. The van der Waals surface area contributed by atoms with Crippen molar-refractivity contribution in [1.29, 1.82) is 0 Å². The predicted octanol–water partition coefficient (Wildman–Crippen LogP) is 4.27. The molecule has 0 saturated carbocycles. The summed E-state index contributed by atoms with van der Waals surface area (Å²) in [7, 11) is 1.47.